The van der Waals surface area contributed by atoms with E-state index in [2.05, 4.69) is 17.6 Å². The number of hydrogen-bond acceptors (Lipinski definition) is 3. The summed E-state index contributed by atoms with van der Waals surface area (Å²) in [5.74, 6) is 0.926. The molecule has 1 aliphatic rings. The van der Waals surface area contributed by atoms with Crippen molar-refractivity contribution in [2.45, 2.75) is 45.2 Å². The summed E-state index contributed by atoms with van der Waals surface area (Å²) in [4.78, 5) is 1.29. The molecule has 84 valence electrons. The van der Waals surface area contributed by atoms with Crippen LogP contribution in [-0.2, 0) is 6.54 Å². The molecule has 0 radical (unpaired) electrons. The highest BCUT2D eigenvalue weighted by atomic mass is 32.1. The standard InChI is InChI=1S/C12H20N2S/c1-9-2-4-10(5-3-9)14-8-12-11(13)6-7-15-12/h6-7,9-10,14H,2-5,8,13H2,1H3. The molecule has 0 spiro atoms. The molecule has 0 amide bonds. The lowest BCUT2D eigenvalue weighted by molar-refractivity contribution is 0.307. The summed E-state index contributed by atoms with van der Waals surface area (Å²) >= 11 is 1.75. The molecule has 1 saturated carbocycles. The number of thiophene rings is 1. The molecule has 0 aromatic carbocycles. The normalized spacial score (nSPS) is 26.7. The first-order valence-electron chi connectivity index (χ1n) is 5.81. The largest absolute Gasteiger partial charge is 0.398 e. The lowest BCUT2D eigenvalue weighted by Gasteiger charge is -2.26. The zero-order chi connectivity index (χ0) is 10.7. The van der Waals surface area contributed by atoms with Gasteiger partial charge in [0.15, 0.2) is 0 Å². The molecule has 1 heterocycles. The van der Waals surface area contributed by atoms with Gasteiger partial charge in [-0.1, -0.05) is 6.92 Å². The second kappa shape index (κ2) is 4.99. The fraction of sp³-hybridized carbons (Fsp3) is 0.667. The second-order valence-corrected chi connectivity index (χ2v) is 5.64. The zero-order valence-electron chi connectivity index (χ0n) is 9.33. The van der Waals surface area contributed by atoms with E-state index in [1.807, 2.05) is 6.07 Å². The highest BCUT2D eigenvalue weighted by molar-refractivity contribution is 7.10. The molecule has 1 aromatic heterocycles. The summed E-state index contributed by atoms with van der Waals surface area (Å²) in [7, 11) is 0. The van der Waals surface area contributed by atoms with Gasteiger partial charge in [0.2, 0.25) is 0 Å². The fourth-order valence-electron chi connectivity index (χ4n) is 2.20. The van der Waals surface area contributed by atoms with E-state index in [-0.39, 0.29) is 0 Å². The van der Waals surface area contributed by atoms with E-state index < -0.39 is 0 Å². The Hall–Kier alpha value is -0.540. The minimum atomic E-state index is 0.711. The van der Waals surface area contributed by atoms with Crippen LogP contribution in [0.4, 0.5) is 5.69 Å². The minimum Gasteiger partial charge on any atom is -0.398 e. The summed E-state index contributed by atoms with van der Waals surface area (Å²) in [6.07, 6.45) is 5.40. The molecule has 3 heteroatoms. The Kier molecular flexibility index (Phi) is 3.65. The fourth-order valence-corrected chi connectivity index (χ4v) is 2.95. The predicted octanol–water partition coefficient (Wildman–Crippen LogP) is 3.00. The van der Waals surface area contributed by atoms with E-state index in [9.17, 15) is 0 Å². The molecule has 1 aliphatic carbocycles. The zero-order valence-corrected chi connectivity index (χ0v) is 10.1. The molecule has 1 aromatic rings. The number of anilines is 1. The summed E-state index contributed by atoms with van der Waals surface area (Å²) in [5.41, 5.74) is 6.79. The van der Waals surface area contributed by atoms with E-state index in [1.54, 1.807) is 11.3 Å². The van der Waals surface area contributed by atoms with Crippen LogP contribution in [0.15, 0.2) is 11.4 Å². The molecule has 2 nitrogen and oxygen atoms in total. The Morgan fingerprint density at radius 1 is 1.40 bits per heavy atom. The number of nitrogens with two attached hydrogens (primary N) is 1. The maximum atomic E-state index is 5.85. The Morgan fingerprint density at radius 3 is 2.73 bits per heavy atom. The van der Waals surface area contributed by atoms with Crippen LogP contribution >= 0.6 is 11.3 Å². The Morgan fingerprint density at radius 2 is 2.13 bits per heavy atom. The van der Waals surface area contributed by atoms with Gasteiger partial charge in [-0.15, -0.1) is 11.3 Å². The van der Waals surface area contributed by atoms with E-state index in [0.29, 0.717) is 6.04 Å². The van der Waals surface area contributed by atoms with E-state index in [0.717, 1.165) is 18.2 Å². The van der Waals surface area contributed by atoms with Gasteiger partial charge in [0.1, 0.15) is 0 Å². The average Bonchev–Trinajstić information content (AvgIpc) is 2.63. The van der Waals surface area contributed by atoms with Crippen LogP contribution in [0.25, 0.3) is 0 Å². The van der Waals surface area contributed by atoms with Crippen LogP contribution in [-0.4, -0.2) is 6.04 Å². The quantitative estimate of drug-likeness (QED) is 0.828. The molecular formula is C12H20N2S. The van der Waals surface area contributed by atoms with Crippen molar-refractivity contribution in [3.05, 3.63) is 16.3 Å². The van der Waals surface area contributed by atoms with Gasteiger partial charge >= 0.3 is 0 Å². The summed E-state index contributed by atoms with van der Waals surface area (Å²) < 4.78 is 0. The molecule has 15 heavy (non-hydrogen) atoms. The van der Waals surface area contributed by atoms with Gasteiger partial charge in [0.05, 0.1) is 0 Å². The van der Waals surface area contributed by atoms with Crippen molar-refractivity contribution in [2.24, 2.45) is 5.92 Å². The number of nitrogen functional groups attached to an aromatic ring is 1. The smallest absolute Gasteiger partial charge is 0.0468 e. The third-order valence-electron chi connectivity index (χ3n) is 3.35. The van der Waals surface area contributed by atoms with Crippen molar-refractivity contribution >= 4 is 17.0 Å². The van der Waals surface area contributed by atoms with Crippen molar-refractivity contribution in [2.75, 3.05) is 5.73 Å². The first kappa shape index (κ1) is 11.0. The van der Waals surface area contributed by atoms with Crippen molar-refractivity contribution in [1.29, 1.82) is 0 Å². The molecule has 3 N–H and O–H groups in total. The maximum Gasteiger partial charge on any atom is 0.0468 e. The van der Waals surface area contributed by atoms with Gasteiger partial charge in [-0.2, -0.15) is 0 Å². The van der Waals surface area contributed by atoms with Crippen LogP contribution < -0.4 is 11.1 Å². The first-order chi connectivity index (χ1) is 7.25. The topological polar surface area (TPSA) is 38.0 Å². The summed E-state index contributed by atoms with van der Waals surface area (Å²) in [6.45, 7) is 3.30. The Labute approximate surface area is 95.9 Å². The Bertz CT molecular complexity index is 300. The SMILES string of the molecule is CC1CCC(NCc2sccc2N)CC1. The number of hydrogen-bond donors (Lipinski definition) is 2. The molecule has 0 aliphatic heterocycles. The van der Waals surface area contributed by atoms with Gasteiger partial charge in [0, 0.05) is 23.2 Å². The van der Waals surface area contributed by atoms with Gasteiger partial charge in [-0.05, 0) is 43.0 Å². The minimum absolute atomic E-state index is 0.711. The molecule has 0 bridgehead atoms. The van der Waals surface area contributed by atoms with E-state index in [4.69, 9.17) is 5.73 Å². The van der Waals surface area contributed by atoms with Crippen molar-refractivity contribution < 1.29 is 0 Å². The third-order valence-corrected chi connectivity index (χ3v) is 4.28. The lowest BCUT2D eigenvalue weighted by Crippen LogP contribution is -2.32. The molecule has 0 unspecified atom stereocenters. The van der Waals surface area contributed by atoms with Crippen LogP contribution in [0.2, 0.25) is 0 Å². The number of rotatable bonds is 3. The van der Waals surface area contributed by atoms with Crippen molar-refractivity contribution in [1.82, 2.24) is 5.32 Å². The van der Waals surface area contributed by atoms with Gasteiger partial charge < -0.3 is 11.1 Å². The number of nitrogens with one attached hydrogen (secondary N) is 1. The van der Waals surface area contributed by atoms with E-state index in [1.165, 1.54) is 30.6 Å². The molecule has 0 saturated heterocycles. The van der Waals surface area contributed by atoms with Crippen LogP contribution in [0, 0.1) is 5.92 Å². The van der Waals surface area contributed by atoms with Gasteiger partial charge in [-0.25, -0.2) is 0 Å². The van der Waals surface area contributed by atoms with Crippen LogP contribution in [0.5, 0.6) is 0 Å². The predicted molar refractivity (Wildman–Crippen MR) is 67.0 cm³/mol. The van der Waals surface area contributed by atoms with Crippen LogP contribution in [0.1, 0.15) is 37.5 Å². The van der Waals surface area contributed by atoms with Gasteiger partial charge in [0.25, 0.3) is 0 Å². The van der Waals surface area contributed by atoms with Crippen molar-refractivity contribution in [3.63, 3.8) is 0 Å². The summed E-state index contributed by atoms with van der Waals surface area (Å²) in [5, 5.41) is 5.68. The highest BCUT2D eigenvalue weighted by Gasteiger charge is 2.17. The summed E-state index contributed by atoms with van der Waals surface area (Å²) in [6, 6.07) is 2.70. The van der Waals surface area contributed by atoms with E-state index >= 15 is 0 Å². The molecule has 2 rings (SSSR count). The highest BCUT2D eigenvalue weighted by Crippen LogP contribution is 2.24. The maximum absolute atomic E-state index is 5.85. The first-order valence-corrected chi connectivity index (χ1v) is 6.69. The average molecular weight is 224 g/mol. The molecule has 0 atom stereocenters. The van der Waals surface area contributed by atoms with Crippen LogP contribution in [0.3, 0.4) is 0 Å². The monoisotopic (exact) mass is 224 g/mol. The van der Waals surface area contributed by atoms with Gasteiger partial charge in [-0.3, -0.25) is 0 Å². The molecular weight excluding hydrogens is 204 g/mol. The second-order valence-electron chi connectivity index (χ2n) is 4.64. The Balaban J connectivity index is 1.77. The third kappa shape index (κ3) is 2.95. The van der Waals surface area contributed by atoms with Crippen molar-refractivity contribution in [3.8, 4) is 0 Å². The lowest BCUT2D eigenvalue weighted by atomic mass is 9.87. The molecule has 1 fully saturated rings.